The van der Waals surface area contributed by atoms with E-state index in [2.05, 4.69) is 15.6 Å². The second-order valence-corrected chi connectivity index (χ2v) is 7.68. The molecule has 168 valence electrons. The van der Waals surface area contributed by atoms with Crippen molar-refractivity contribution in [3.63, 3.8) is 0 Å². The van der Waals surface area contributed by atoms with Gasteiger partial charge in [0.1, 0.15) is 11.9 Å². The van der Waals surface area contributed by atoms with Crippen LogP contribution in [0.1, 0.15) is 16.5 Å². The molecule has 1 aromatic heterocycles. The molecule has 5 nitrogen and oxygen atoms in total. The lowest BCUT2D eigenvalue weighted by Crippen LogP contribution is -2.38. The van der Waals surface area contributed by atoms with Gasteiger partial charge in [-0.25, -0.2) is 0 Å². The Balaban J connectivity index is 0.00000341. The van der Waals surface area contributed by atoms with E-state index in [4.69, 9.17) is 4.74 Å². The number of alkyl halides is 3. The van der Waals surface area contributed by atoms with Gasteiger partial charge in [-0.1, -0.05) is 30.3 Å². The van der Waals surface area contributed by atoms with Gasteiger partial charge < -0.3 is 20.5 Å². The molecule has 0 aliphatic heterocycles. The maximum absolute atomic E-state index is 12.3. The third-order valence-corrected chi connectivity index (χ3v) is 5.44. The van der Waals surface area contributed by atoms with E-state index in [-0.39, 0.29) is 36.3 Å². The highest BCUT2D eigenvalue weighted by Gasteiger charge is 2.28. The summed E-state index contributed by atoms with van der Waals surface area (Å²) >= 11 is 1.54. The first-order valence-electron chi connectivity index (χ1n) is 9.23. The Morgan fingerprint density at radius 1 is 1.13 bits per heavy atom. The Labute approximate surface area is 199 Å². The summed E-state index contributed by atoms with van der Waals surface area (Å²) in [6.07, 6.45) is -5.07. The van der Waals surface area contributed by atoms with Crippen LogP contribution >= 0.6 is 35.3 Å². The van der Waals surface area contributed by atoms with E-state index in [1.54, 1.807) is 19.2 Å². The quantitative estimate of drug-likeness (QED) is 0.218. The summed E-state index contributed by atoms with van der Waals surface area (Å²) in [4.78, 5) is 4.96. The van der Waals surface area contributed by atoms with Crippen molar-refractivity contribution in [3.05, 3.63) is 65.0 Å². The van der Waals surface area contributed by atoms with Crippen LogP contribution in [0.15, 0.2) is 59.6 Å². The largest absolute Gasteiger partial charge is 0.484 e. The molecule has 0 bridgehead atoms. The number of halogens is 4. The Hall–Kier alpha value is -2.05. The molecule has 0 amide bonds. The van der Waals surface area contributed by atoms with Crippen molar-refractivity contribution in [2.45, 2.75) is 18.8 Å². The molecule has 2 aromatic carbocycles. The number of nitrogens with zero attached hydrogens (tertiary/aromatic N) is 1. The zero-order valence-electron chi connectivity index (χ0n) is 16.6. The van der Waals surface area contributed by atoms with Crippen LogP contribution in [-0.4, -0.2) is 37.4 Å². The molecule has 3 rings (SSSR count). The lowest BCUT2D eigenvalue weighted by atomic mass is 10.2. The summed E-state index contributed by atoms with van der Waals surface area (Å²) in [6, 6.07) is 16.3. The third-order valence-electron chi connectivity index (χ3n) is 4.22. The first-order valence-corrected chi connectivity index (χ1v) is 10.1. The molecule has 3 N–H and O–H groups in total. The number of benzene rings is 2. The van der Waals surface area contributed by atoms with Gasteiger partial charge in [0, 0.05) is 29.7 Å². The molecule has 1 unspecified atom stereocenters. The third kappa shape index (κ3) is 7.86. The van der Waals surface area contributed by atoms with Crippen molar-refractivity contribution in [3.8, 4) is 5.75 Å². The number of aliphatic hydroxyl groups excluding tert-OH is 1. The highest BCUT2D eigenvalue weighted by molar-refractivity contribution is 14.0. The molecule has 0 saturated carbocycles. The molecule has 0 aliphatic carbocycles. The van der Waals surface area contributed by atoms with Crippen molar-refractivity contribution in [1.82, 2.24) is 10.6 Å². The SMILES string of the molecule is CN=C(NCc1cccc(OCC(F)(F)F)c1)NCC(O)c1cc2ccccc2s1.I. The number of aliphatic hydroxyl groups is 1. The molecule has 3 aromatic rings. The van der Waals surface area contributed by atoms with E-state index >= 15 is 0 Å². The lowest BCUT2D eigenvalue weighted by molar-refractivity contribution is -0.153. The second kappa shape index (κ2) is 11.5. The van der Waals surface area contributed by atoms with Crippen molar-refractivity contribution in [1.29, 1.82) is 0 Å². The molecular formula is C21H23F3IN3O2S. The van der Waals surface area contributed by atoms with Crippen LogP contribution in [0.4, 0.5) is 13.2 Å². The van der Waals surface area contributed by atoms with Gasteiger partial charge in [0.15, 0.2) is 12.6 Å². The average Bonchev–Trinajstić information content (AvgIpc) is 3.16. The van der Waals surface area contributed by atoms with Crippen molar-refractivity contribution in [2.75, 3.05) is 20.2 Å². The smallest absolute Gasteiger partial charge is 0.422 e. The molecule has 0 spiro atoms. The van der Waals surface area contributed by atoms with Crippen LogP contribution in [0.2, 0.25) is 0 Å². The van der Waals surface area contributed by atoms with Crippen LogP contribution < -0.4 is 15.4 Å². The van der Waals surface area contributed by atoms with Gasteiger partial charge in [0.25, 0.3) is 0 Å². The van der Waals surface area contributed by atoms with Gasteiger partial charge in [-0.2, -0.15) is 13.2 Å². The monoisotopic (exact) mass is 565 g/mol. The maximum Gasteiger partial charge on any atom is 0.422 e. The molecule has 0 saturated heterocycles. The van der Waals surface area contributed by atoms with Gasteiger partial charge in [0.2, 0.25) is 0 Å². The fourth-order valence-electron chi connectivity index (χ4n) is 2.78. The van der Waals surface area contributed by atoms with E-state index in [1.165, 1.54) is 23.5 Å². The van der Waals surface area contributed by atoms with Gasteiger partial charge in [0.05, 0.1) is 0 Å². The van der Waals surface area contributed by atoms with Crippen molar-refractivity contribution in [2.24, 2.45) is 4.99 Å². The highest BCUT2D eigenvalue weighted by atomic mass is 127. The minimum absolute atomic E-state index is 0. The molecule has 31 heavy (non-hydrogen) atoms. The number of nitrogens with one attached hydrogen (secondary N) is 2. The Morgan fingerprint density at radius 2 is 1.90 bits per heavy atom. The summed E-state index contributed by atoms with van der Waals surface area (Å²) in [7, 11) is 1.60. The molecule has 10 heteroatoms. The summed E-state index contributed by atoms with van der Waals surface area (Å²) in [5.74, 6) is 0.617. The van der Waals surface area contributed by atoms with Crippen molar-refractivity contribution < 1.29 is 23.0 Å². The van der Waals surface area contributed by atoms with E-state index in [1.807, 2.05) is 30.3 Å². The first-order chi connectivity index (χ1) is 14.3. The number of rotatable bonds is 7. The predicted molar refractivity (Wildman–Crippen MR) is 128 cm³/mol. The molecule has 0 fully saturated rings. The zero-order chi connectivity index (χ0) is 21.6. The predicted octanol–water partition coefficient (Wildman–Crippen LogP) is 4.86. The number of hydrogen-bond acceptors (Lipinski definition) is 4. The van der Waals surface area contributed by atoms with E-state index in [0.717, 1.165) is 20.5 Å². The number of aliphatic imine (C=N–C) groups is 1. The molecule has 0 aliphatic rings. The van der Waals surface area contributed by atoms with E-state index < -0.39 is 18.9 Å². The maximum atomic E-state index is 12.3. The fourth-order valence-corrected chi connectivity index (χ4v) is 3.83. The first kappa shape index (κ1) is 25.2. The number of guanidine groups is 1. The molecule has 1 heterocycles. The number of hydrogen-bond donors (Lipinski definition) is 3. The minimum Gasteiger partial charge on any atom is -0.484 e. The summed E-state index contributed by atoms with van der Waals surface area (Å²) in [5.41, 5.74) is 0.739. The van der Waals surface area contributed by atoms with E-state index in [9.17, 15) is 18.3 Å². The van der Waals surface area contributed by atoms with Crippen LogP contribution in [0.5, 0.6) is 5.75 Å². The standard InChI is InChI=1S/C21H22F3N3O2S.HI/c1-25-20(26-11-14-5-4-7-16(9-14)29-13-21(22,23)24)27-12-17(28)19-10-15-6-2-3-8-18(15)30-19;/h2-10,17,28H,11-13H2,1H3,(H2,25,26,27);1H. The fraction of sp³-hybridized carbons (Fsp3) is 0.286. The number of thiophene rings is 1. The summed E-state index contributed by atoms with van der Waals surface area (Å²) < 4.78 is 42.8. The topological polar surface area (TPSA) is 65.9 Å². The Kier molecular flexibility index (Phi) is 9.38. The van der Waals surface area contributed by atoms with Crippen LogP contribution in [0.3, 0.4) is 0 Å². The van der Waals surface area contributed by atoms with Gasteiger partial charge in [-0.05, 0) is 35.2 Å². The molecule has 1 atom stereocenters. The zero-order valence-corrected chi connectivity index (χ0v) is 19.8. The highest BCUT2D eigenvalue weighted by Crippen LogP contribution is 2.29. The second-order valence-electron chi connectivity index (χ2n) is 6.56. The Bertz CT molecular complexity index is 978. The average molecular weight is 565 g/mol. The van der Waals surface area contributed by atoms with Crippen molar-refractivity contribution >= 4 is 51.4 Å². The lowest BCUT2D eigenvalue weighted by Gasteiger charge is -2.15. The van der Waals surface area contributed by atoms with Crippen LogP contribution in [-0.2, 0) is 6.54 Å². The van der Waals surface area contributed by atoms with E-state index in [0.29, 0.717) is 12.5 Å². The normalized spacial score (nSPS) is 12.9. The van der Waals surface area contributed by atoms with Gasteiger partial charge in [-0.15, -0.1) is 35.3 Å². The molecule has 0 radical (unpaired) electrons. The Morgan fingerprint density at radius 3 is 2.61 bits per heavy atom. The summed E-state index contributed by atoms with van der Waals surface area (Å²) in [5, 5.41) is 17.7. The minimum atomic E-state index is -4.38. The molecular weight excluding hydrogens is 542 g/mol. The number of fused-ring (bicyclic) bond motifs is 1. The van der Waals surface area contributed by atoms with Gasteiger partial charge in [-0.3, -0.25) is 4.99 Å². The van der Waals surface area contributed by atoms with Crippen LogP contribution in [0.25, 0.3) is 10.1 Å². The summed E-state index contributed by atoms with van der Waals surface area (Å²) in [6.45, 7) is -0.730. The van der Waals surface area contributed by atoms with Gasteiger partial charge >= 0.3 is 6.18 Å². The number of ether oxygens (including phenoxy) is 1. The van der Waals surface area contributed by atoms with Crippen LogP contribution in [0, 0.1) is 0 Å².